The molecular formula is C13H15Br2NO3S. The third-order valence-corrected chi connectivity index (χ3v) is 6.18. The van der Waals surface area contributed by atoms with Crippen LogP contribution >= 0.6 is 43.6 Å². The van der Waals surface area contributed by atoms with Crippen molar-refractivity contribution in [1.82, 2.24) is 5.32 Å². The zero-order valence-corrected chi connectivity index (χ0v) is 14.8. The highest BCUT2D eigenvalue weighted by atomic mass is 79.9. The van der Waals surface area contributed by atoms with Crippen molar-refractivity contribution in [3.8, 4) is 11.5 Å². The molecule has 3 N–H and O–H groups in total. The number of rotatable bonds is 4. The van der Waals surface area contributed by atoms with Gasteiger partial charge in [-0.2, -0.15) is 0 Å². The summed E-state index contributed by atoms with van der Waals surface area (Å²) < 4.78 is 7.02. The molecule has 1 aromatic carbocycles. The molecule has 20 heavy (non-hydrogen) atoms. The van der Waals surface area contributed by atoms with Crippen molar-refractivity contribution in [2.75, 3.05) is 12.4 Å². The van der Waals surface area contributed by atoms with Crippen LogP contribution in [0.2, 0.25) is 0 Å². The fraction of sp³-hybridized carbons (Fsp3) is 0.385. The van der Waals surface area contributed by atoms with Gasteiger partial charge < -0.3 is 14.9 Å². The van der Waals surface area contributed by atoms with Crippen molar-refractivity contribution in [3.05, 3.63) is 32.9 Å². The Morgan fingerprint density at radius 1 is 1.60 bits per heavy atom. The van der Waals surface area contributed by atoms with E-state index in [9.17, 15) is 10.2 Å². The first kappa shape index (κ1) is 16.0. The zero-order chi connectivity index (χ0) is 14.9. The van der Waals surface area contributed by atoms with Crippen LogP contribution in [-0.4, -0.2) is 28.6 Å². The van der Waals surface area contributed by atoms with E-state index in [0.29, 0.717) is 23.7 Å². The molecule has 7 heteroatoms. The quantitative estimate of drug-likeness (QED) is 0.635. The molecule has 0 bridgehead atoms. The molecule has 1 aliphatic rings. The van der Waals surface area contributed by atoms with Gasteiger partial charge in [0.15, 0.2) is 11.5 Å². The number of ether oxygens (including phenoxy) is 1. The summed E-state index contributed by atoms with van der Waals surface area (Å²) >= 11 is 8.53. The molecule has 0 aromatic heterocycles. The number of nitrogens with one attached hydrogen (secondary N) is 1. The predicted molar refractivity (Wildman–Crippen MR) is 88.6 cm³/mol. The highest BCUT2D eigenvalue weighted by molar-refractivity contribution is 9.13. The molecule has 2 atom stereocenters. The number of phenolic OH excluding ortho intramolecular Hbond substituents is 1. The second kappa shape index (κ2) is 6.60. The summed E-state index contributed by atoms with van der Waals surface area (Å²) in [5, 5.41) is 23.0. The number of thioether (sulfide) groups is 1. The minimum absolute atomic E-state index is 0.107. The largest absolute Gasteiger partial charge is 0.511 e. The monoisotopic (exact) mass is 423 g/mol. The Morgan fingerprint density at radius 3 is 2.85 bits per heavy atom. The molecule has 1 heterocycles. The van der Waals surface area contributed by atoms with Gasteiger partial charge in [-0.15, -0.1) is 11.8 Å². The molecule has 1 aliphatic heterocycles. The summed E-state index contributed by atoms with van der Waals surface area (Å²) in [7, 11) is 0. The lowest BCUT2D eigenvalue weighted by atomic mass is 10.1. The first-order valence-corrected chi connectivity index (χ1v) is 8.68. The molecule has 0 spiro atoms. The number of aliphatic hydroxyl groups excluding tert-OH is 1. The molecule has 2 unspecified atom stereocenters. The van der Waals surface area contributed by atoms with E-state index in [-0.39, 0.29) is 22.9 Å². The van der Waals surface area contributed by atoms with E-state index in [0.717, 1.165) is 8.95 Å². The average molecular weight is 425 g/mol. The van der Waals surface area contributed by atoms with E-state index >= 15 is 0 Å². The van der Waals surface area contributed by atoms with E-state index in [2.05, 4.69) is 43.8 Å². The number of halogens is 2. The maximum atomic E-state index is 10.4. The fourth-order valence-corrected chi connectivity index (χ4v) is 4.38. The fourth-order valence-electron chi connectivity index (χ4n) is 1.95. The predicted octanol–water partition coefficient (Wildman–Crippen LogP) is 4.09. The summed E-state index contributed by atoms with van der Waals surface area (Å²) in [6.07, 6.45) is 0. The Labute approximate surface area is 138 Å². The number of hydrogen-bond donors (Lipinski definition) is 3. The lowest BCUT2D eigenvalue weighted by Crippen LogP contribution is -2.27. The molecular weight excluding hydrogens is 410 g/mol. The summed E-state index contributed by atoms with van der Waals surface area (Å²) in [5.74, 6) is 1.35. The molecule has 0 radical (unpaired) electrons. The van der Waals surface area contributed by atoms with Gasteiger partial charge in [0.1, 0.15) is 5.76 Å². The van der Waals surface area contributed by atoms with E-state index in [1.54, 1.807) is 17.8 Å². The Morgan fingerprint density at radius 2 is 2.30 bits per heavy atom. The third kappa shape index (κ3) is 3.10. The molecule has 0 saturated carbocycles. The summed E-state index contributed by atoms with van der Waals surface area (Å²) in [6.45, 7) is 5.89. The summed E-state index contributed by atoms with van der Waals surface area (Å²) in [4.78, 5) is 0. The van der Waals surface area contributed by atoms with Crippen LogP contribution in [0.3, 0.4) is 0 Å². The Hall–Kier alpha value is -0.370. The van der Waals surface area contributed by atoms with Gasteiger partial charge in [0, 0.05) is 20.3 Å². The van der Waals surface area contributed by atoms with Crippen LogP contribution in [0.25, 0.3) is 0 Å². The highest BCUT2D eigenvalue weighted by Crippen LogP contribution is 2.48. The van der Waals surface area contributed by atoms with Crippen molar-refractivity contribution in [2.45, 2.75) is 18.3 Å². The van der Waals surface area contributed by atoms with Crippen molar-refractivity contribution in [2.24, 2.45) is 0 Å². The SMILES string of the molecule is C=C(O)C1CSC(c2c(O)c(OCC)cc(Br)c2Br)N1. The third-order valence-electron chi connectivity index (χ3n) is 2.94. The smallest absolute Gasteiger partial charge is 0.164 e. The number of hydrogen-bond acceptors (Lipinski definition) is 5. The van der Waals surface area contributed by atoms with Gasteiger partial charge in [-0.05, 0) is 44.8 Å². The van der Waals surface area contributed by atoms with Gasteiger partial charge in [-0.25, -0.2) is 0 Å². The van der Waals surface area contributed by atoms with E-state index in [1.807, 2.05) is 6.92 Å². The van der Waals surface area contributed by atoms with Gasteiger partial charge in [0.2, 0.25) is 0 Å². The van der Waals surface area contributed by atoms with Gasteiger partial charge in [-0.1, -0.05) is 6.58 Å². The second-order valence-corrected chi connectivity index (χ2v) is 7.08. The van der Waals surface area contributed by atoms with Crippen LogP contribution in [0, 0.1) is 0 Å². The minimum atomic E-state index is -0.175. The lowest BCUT2D eigenvalue weighted by molar-refractivity contribution is 0.315. The maximum Gasteiger partial charge on any atom is 0.164 e. The van der Waals surface area contributed by atoms with E-state index in [4.69, 9.17) is 4.74 Å². The molecule has 1 saturated heterocycles. The number of aromatic hydroxyl groups is 1. The van der Waals surface area contributed by atoms with Crippen molar-refractivity contribution >= 4 is 43.6 Å². The number of aliphatic hydroxyl groups is 1. The summed E-state index contributed by atoms with van der Waals surface area (Å²) in [6, 6.07) is 1.56. The van der Waals surface area contributed by atoms with Gasteiger partial charge in [0.05, 0.1) is 18.0 Å². The van der Waals surface area contributed by atoms with Gasteiger partial charge >= 0.3 is 0 Å². The van der Waals surface area contributed by atoms with Crippen molar-refractivity contribution in [1.29, 1.82) is 0 Å². The Balaban J connectivity index is 2.38. The van der Waals surface area contributed by atoms with Gasteiger partial charge in [-0.3, -0.25) is 5.32 Å². The Bertz CT molecular complexity index is 539. The van der Waals surface area contributed by atoms with E-state index in [1.165, 1.54) is 0 Å². The van der Waals surface area contributed by atoms with Crippen LogP contribution in [0.5, 0.6) is 11.5 Å². The Kier molecular flexibility index (Phi) is 5.28. The lowest BCUT2D eigenvalue weighted by Gasteiger charge is -2.19. The molecule has 1 aromatic rings. The topological polar surface area (TPSA) is 61.7 Å². The van der Waals surface area contributed by atoms with Crippen LogP contribution < -0.4 is 10.1 Å². The van der Waals surface area contributed by atoms with Crippen LogP contribution in [0.1, 0.15) is 17.9 Å². The molecule has 0 aliphatic carbocycles. The molecule has 1 fully saturated rings. The van der Waals surface area contributed by atoms with Gasteiger partial charge in [0.25, 0.3) is 0 Å². The van der Waals surface area contributed by atoms with Crippen molar-refractivity contribution in [3.63, 3.8) is 0 Å². The molecule has 2 rings (SSSR count). The first-order chi connectivity index (χ1) is 9.45. The highest BCUT2D eigenvalue weighted by Gasteiger charge is 2.32. The normalized spacial score (nSPS) is 21.9. The zero-order valence-electron chi connectivity index (χ0n) is 10.8. The molecule has 110 valence electrons. The van der Waals surface area contributed by atoms with Crippen LogP contribution in [0.15, 0.2) is 27.3 Å². The first-order valence-electron chi connectivity index (χ1n) is 6.04. The average Bonchev–Trinajstić information content (AvgIpc) is 2.86. The standard InChI is InChI=1S/C13H15Br2NO3S/c1-3-19-9-4-7(14)11(15)10(12(9)18)13-16-8(5-20-13)6(2)17/h4,8,13,16-18H,2-3,5H2,1H3. The van der Waals surface area contributed by atoms with Crippen molar-refractivity contribution < 1.29 is 14.9 Å². The summed E-state index contributed by atoms with van der Waals surface area (Å²) in [5.41, 5.74) is 0.705. The number of phenols is 1. The number of benzene rings is 1. The molecule has 4 nitrogen and oxygen atoms in total. The van der Waals surface area contributed by atoms with Crippen LogP contribution in [-0.2, 0) is 0 Å². The van der Waals surface area contributed by atoms with E-state index < -0.39 is 0 Å². The maximum absolute atomic E-state index is 10.4. The minimum Gasteiger partial charge on any atom is -0.511 e. The second-order valence-electron chi connectivity index (χ2n) is 4.29. The molecule has 0 amide bonds. The van der Waals surface area contributed by atoms with Crippen LogP contribution in [0.4, 0.5) is 0 Å².